The molecule has 4 aromatic heterocycles. The van der Waals surface area contributed by atoms with Gasteiger partial charge >= 0.3 is 0 Å². The normalized spacial score (nSPS) is 13.1. The summed E-state index contributed by atoms with van der Waals surface area (Å²) in [5.41, 5.74) is 19.4. The van der Waals surface area contributed by atoms with Gasteiger partial charge in [0.2, 0.25) is 0 Å². The molecule has 0 bridgehead atoms. The van der Waals surface area contributed by atoms with Crippen LogP contribution in [-0.2, 0) is 5.41 Å². The molecule has 4 heteroatoms. The Morgan fingerprint density at radius 1 is 0.312 bits per heavy atom. The number of para-hydroxylation sites is 2. The van der Waals surface area contributed by atoms with Crippen molar-refractivity contribution in [2.75, 3.05) is 0 Å². The Balaban J connectivity index is 0.649. The van der Waals surface area contributed by atoms with Crippen LogP contribution in [0.4, 0.5) is 0 Å². The summed E-state index contributed by atoms with van der Waals surface area (Å²) in [5, 5.41) is 9.80. The summed E-state index contributed by atoms with van der Waals surface area (Å²) in [4.78, 5) is 9.39. The fourth-order valence-electron chi connectivity index (χ4n) is 12.2. The number of nitrogens with zero attached hydrogens (tertiary/aromatic N) is 4. The molecule has 4 nitrogen and oxygen atoms in total. The smallest absolute Gasteiger partial charge is 0.137 e. The molecule has 1 aliphatic rings. The third-order valence-corrected chi connectivity index (χ3v) is 16.2. The van der Waals surface area contributed by atoms with Crippen LogP contribution in [0.3, 0.4) is 0 Å². The predicted molar refractivity (Wildman–Crippen MR) is 325 cm³/mol. The highest BCUT2D eigenvalue weighted by atomic mass is 15.1. The van der Waals surface area contributed by atoms with Crippen molar-refractivity contribution in [1.29, 1.82) is 0 Å². The molecule has 0 N–H and O–H groups in total. The van der Waals surface area contributed by atoms with Gasteiger partial charge < -0.3 is 0 Å². The number of rotatable bonds is 8. The minimum absolute atomic E-state index is 0.138. The lowest BCUT2D eigenvalue weighted by atomic mass is 9.81. The van der Waals surface area contributed by atoms with Gasteiger partial charge in [0, 0.05) is 39.4 Å². The first-order valence-electron chi connectivity index (χ1n) is 26.5. The van der Waals surface area contributed by atoms with Gasteiger partial charge in [-0.1, -0.05) is 184 Å². The zero-order valence-corrected chi connectivity index (χ0v) is 42.7. The lowest BCUT2D eigenvalue weighted by Crippen LogP contribution is -2.15. The summed E-state index contributed by atoms with van der Waals surface area (Å²) >= 11 is 0. The van der Waals surface area contributed by atoms with E-state index in [9.17, 15) is 0 Å². The average molecular weight is 983 g/mol. The molecule has 362 valence electrons. The predicted octanol–water partition coefficient (Wildman–Crippen LogP) is 19.0. The van der Waals surface area contributed by atoms with E-state index in [-0.39, 0.29) is 5.41 Å². The van der Waals surface area contributed by atoms with E-state index in [0.29, 0.717) is 0 Å². The molecule has 0 atom stereocenters. The van der Waals surface area contributed by atoms with Crippen LogP contribution in [0.1, 0.15) is 47.2 Å². The molecular formula is C73H50N4. The second-order valence-corrected chi connectivity index (χ2v) is 21.1. The van der Waals surface area contributed by atoms with Crippen molar-refractivity contribution < 1.29 is 0 Å². The summed E-state index contributed by atoms with van der Waals surface area (Å²) in [5.74, 6) is 1.85. The van der Waals surface area contributed by atoms with Gasteiger partial charge in [-0.05, 0) is 173 Å². The number of benzene rings is 10. The zero-order valence-electron chi connectivity index (χ0n) is 42.7. The molecule has 0 fully saturated rings. The fraction of sp³-hybridized carbons (Fsp3) is 0.0411. The minimum Gasteiger partial charge on any atom is -0.294 e. The van der Waals surface area contributed by atoms with Crippen LogP contribution in [0.15, 0.2) is 243 Å². The quantitative estimate of drug-likeness (QED) is 0.142. The number of fused-ring (bicyclic) bond motifs is 11. The molecule has 0 saturated carbocycles. The number of pyridine rings is 2. The summed E-state index contributed by atoms with van der Waals surface area (Å²) in [7, 11) is 0. The van der Waals surface area contributed by atoms with Crippen molar-refractivity contribution >= 4 is 89.5 Å². The van der Waals surface area contributed by atoms with Gasteiger partial charge in [0.25, 0.3) is 0 Å². The van der Waals surface area contributed by atoms with Crippen molar-refractivity contribution in [3.63, 3.8) is 0 Å². The van der Waals surface area contributed by atoms with E-state index < -0.39 is 0 Å². The first-order chi connectivity index (χ1) is 37.9. The van der Waals surface area contributed by atoms with Gasteiger partial charge in [-0.3, -0.25) is 9.13 Å². The lowest BCUT2D eigenvalue weighted by Gasteiger charge is -2.22. The maximum atomic E-state index is 4.69. The van der Waals surface area contributed by atoms with E-state index in [2.05, 4.69) is 254 Å². The lowest BCUT2D eigenvalue weighted by molar-refractivity contribution is 0.660. The van der Waals surface area contributed by atoms with Crippen LogP contribution in [0.5, 0.6) is 0 Å². The number of aromatic nitrogens is 4. The maximum absolute atomic E-state index is 4.69. The van der Waals surface area contributed by atoms with Crippen LogP contribution in [0.2, 0.25) is 0 Å². The first-order valence-corrected chi connectivity index (χ1v) is 26.5. The molecule has 0 saturated heterocycles. The summed E-state index contributed by atoms with van der Waals surface area (Å²) < 4.78 is 4.52. The Hall–Kier alpha value is -9.90. The standard InChI is InChI=1S/C73H50N4/c1-73(2)65-41-49(19-17-47-21-25-53-43-55(29-27-51(53)39-47)57-31-35-69-63(45-57)61-11-3-5-13-67(61)76(69)71-15-7-9-37-74-71)23-33-59(65)60-34-24-50(42-66(60)73)20-18-48-22-26-54-44-56(30-28-52(54)40-48)58-32-36-70-64(46-58)62-12-4-6-14-68(62)77(70)72-16-8-10-38-75-72/h3-46H,1-2H3. The Kier molecular flexibility index (Phi) is 10.2. The summed E-state index contributed by atoms with van der Waals surface area (Å²) in [6, 6.07) is 84.1. The molecule has 15 rings (SSSR count). The topological polar surface area (TPSA) is 35.6 Å². The molecule has 0 spiro atoms. The van der Waals surface area contributed by atoms with E-state index in [0.717, 1.165) is 33.7 Å². The van der Waals surface area contributed by atoms with Gasteiger partial charge in [-0.2, -0.15) is 0 Å². The number of hydrogen-bond donors (Lipinski definition) is 0. The maximum Gasteiger partial charge on any atom is 0.137 e. The van der Waals surface area contributed by atoms with Crippen molar-refractivity contribution in [2.24, 2.45) is 0 Å². The molecular weight excluding hydrogens is 933 g/mol. The van der Waals surface area contributed by atoms with Crippen molar-refractivity contribution in [3.8, 4) is 45.0 Å². The van der Waals surface area contributed by atoms with Gasteiger partial charge in [-0.25, -0.2) is 9.97 Å². The van der Waals surface area contributed by atoms with Gasteiger partial charge in [0.05, 0.1) is 22.1 Å². The van der Waals surface area contributed by atoms with Crippen LogP contribution in [0.25, 0.3) is 134 Å². The van der Waals surface area contributed by atoms with Crippen LogP contribution in [-0.4, -0.2) is 19.1 Å². The largest absolute Gasteiger partial charge is 0.294 e. The second-order valence-electron chi connectivity index (χ2n) is 21.1. The molecule has 0 aliphatic heterocycles. The molecule has 10 aromatic carbocycles. The molecule has 1 aliphatic carbocycles. The fourth-order valence-corrected chi connectivity index (χ4v) is 12.2. The molecule has 0 radical (unpaired) electrons. The van der Waals surface area contributed by atoms with E-state index in [1.807, 2.05) is 36.7 Å². The van der Waals surface area contributed by atoms with E-state index in [1.165, 1.54) is 110 Å². The molecule has 14 aromatic rings. The zero-order chi connectivity index (χ0) is 51.2. The SMILES string of the molecule is CC1(C)c2cc(C=Cc3ccc4cc(-c5ccc6c(c5)c5ccccc5n6-c5ccccn5)ccc4c3)ccc2-c2ccc(C=Cc3ccc4cc(-c5ccc6c(c5)c5ccccc5n6-c5ccccn5)ccc4c3)cc21. The van der Waals surface area contributed by atoms with E-state index >= 15 is 0 Å². The van der Waals surface area contributed by atoms with E-state index in [4.69, 9.17) is 9.97 Å². The highest BCUT2D eigenvalue weighted by molar-refractivity contribution is 6.12. The highest BCUT2D eigenvalue weighted by Gasteiger charge is 2.35. The Morgan fingerprint density at radius 3 is 1.13 bits per heavy atom. The van der Waals surface area contributed by atoms with Crippen LogP contribution >= 0.6 is 0 Å². The van der Waals surface area contributed by atoms with E-state index in [1.54, 1.807) is 0 Å². The average Bonchev–Trinajstić information content (AvgIpc) is 4.20. The highest BCUT2D eigenvalue weighted by Crippen LogP contribution is 2.49. The van der Waals surface area contributed by atoms with Crippen LogP contribution < -0.4 is 0 Å². The third kappa shape index (κ3) is 7.52. The second kappa shape index (κ2) is 17.6. The summed E-state index contributed by atoms with van der Waals surface area (Å²) in [6.07, 6.45) is 12.7. The van der Waals surface area contributed by atoms with Gasteiger partial charge in [-0.15, -0.1) is 0 Å². The Labute approximate surface area is 446 Å². The minimum atomic E-state index is -0.138. The van der Waals surface area contributed by atoms with Gasteiger partial charge in [0.1, 0.15) is 11.6 Å². The Bertz CT molecular complexity index is 4460. The molecule has 0 unspecified atom stereocenters. The number of hydrogen-bond acceptors (Lipinski definition) is 2. The molecule has 4 heterocycles. The molecule has 0 amide bonds. The monoisotopic (exact) mass is 982 g/mol. The van der Waals surface area contributed by atoms with Crippen molar-refractivity contribution in [3.05, 3.63) is 276 Å². The van der Waals surface area contributed by atoms with Crippen molar-refractivity contribution in [2.45, 2.75) is 19.3 Å². The first kappa shape index (κ1) is 44.6. The van der Waals surface area contributed by atoms with Crippen LogP contribution in [0, 0.1) is 0 Å². The Morgan fingerprint density at radius 2 is 0.675 bits per heavy atom. The molecule has 77 heavy (non-hydrogen) atoms. The van der Waals surface area contributed by atoms with Gasteiger partial charge in [0.15, 0.2) is 0 Å². The third-order valence-electron chi connectivity index (χ3n) is 16.2. The summed E-state index contributed by atoms with van der Waals surface area (Å²) in [6.45, 7) is 4.73. The van der Waals surface area contributed by atoms with Crippen molar-refractivity contribution in [1.82, 2.24) is 19.1 Å².